The van der Waals surface area contributed by atoms with E-state index in [9.17, 15) is 23.1 Å². The fourth-order valence-corrected chi connectivity index (χ4v) is 12.9. The van der Waals surface area contributed by atoms with Gasteiger partial charge < -0.3 is 10.0 Å². The first kappa shape index (κ1) is 38.8. The number of hydrogen-bond acceptors (Lipinski definition) is 9. The normalized spacial score (nSPS) is 25.8. The van der Waals surface area contributed by atoms with Crippen LogP contribution in [0.4, 0.5) is 5.69 Å². The number of likely N-dealkylation sites (N-methyl/N-ethyl adjacent to an activating group) is 1. The SMILES string of the molecule is CCC[C@@]12c3ccccc3N(S(=O)(=O)c3ccccc3)[C@@H]1N1C(=O)[C@](C)(SCCC(=O)c3ccccc3)N(C)C(=O)[C@@]1(SCCC(=O)c1ccccc1)[C@H]2O. The van der Waals surface area contributed by atoms with Crippen molar-refractivity contribution in [3.8, 4) is 0 Å². The van der Waals surface area contributed by atoms with Crippen molar-refractivity contribution in [3.05, 3.63) is 132 Å². The molecule has 0 bridgehead atoms. The lowest BCUT2D eigenvalue weighted by Crippen LogP contribution is -2.75. The lowest BCUT2D eigenvalue weighted by atomic mass is 9.72. The molecule has 0 radical (unpaired) electrons. The Balaban J connectivity index is 1.36. The largest absolute Gasteiger partial charge is 0.388 e. The molecule has 10 nitrogen and oxygen atoms in total. The Labute approximate surface area is 330 Å². The van der Waals surface area contributed by atoms with Crippen molar-refractivity contribution in [1.82, 2.24) is 9.80 Å². The minimum Gasteiger partial charge on any atom is -0.388 e. The molecule has 3 heterocycles. The van der Waals surface area contributed by atoms with Crippen molar-refractivity contribution in [2.75, 3.05) is 22.9 Å². The van der Waals surface area contributed by atoms with Crippen molar-refractivity contribution >= 4 is 62.6 Å². The fourth-order valence-electron chi connectivity index (χ4n) is 8.44. The number of aliphatic hydroxyl groups excluding tert-OH is 1. The van der Waals surface area contributed by atoms with E-state index in [-0.39, 0.29) is 47.2 Å². The van der Waals surface area contributed by atoms with E-state index in [4.69, 9.17) is 0 Å². The number of carbonyl (C=O) groups is 4. The Morgan fingerprint density at radius 3 is 1.82 bits per heavy atom. The Kier molecular flexibility index (Phi) is 10.5. The second-order valence-electron chi connectivity index (χ2n) is 14.2. The molecule has 2 saturated heterocycles. The van der Waals surface area contributed by atoms with Crippen molar-refractivity contribution in [2.24, 2.45) is 0 Å². The molecule has 3 aliphatic rings. The maximum Gasteiger partial charge on any atom is 0.266 e. The van der Waals surface area contributed by atoms with Gasteiger partial charge in [-0.1, -0.05) is 110 Å². The topological polar surface area (TPSA) is 132 Å². The van der Waals surface area contributed by atoms with Gasteiger partial charge in [0.25, 0.3) is 21.8 Å². The predicted molar refractivity (Wildman–Crippen MR) is 215 cm³/mol. The number of anilines is 1. The summed E-state index contributed by atoms with van der Waals surface area (Å²) in [5.74, 6) is -1.20. The van der Waals surface area contributed by atoms with Gasteiger partial charge in [0.15, 0.2) is 21.3 Å². The van der Waals surface area contributed by atoms with Gasteiger partial charge in [0.2, 0.25) is 0 Å². The molecule has 0 aliphatic carbocycles. The van der Waals surface area contributed by atoms with Crippen LogP contribution >= 0.6 is 23.5 Å². The molecule has 3 aliphatic heterocycles. The molecule has 7 rings (SSSR count). The van der Waals surface area contributed by atoms with E-state index in [0.29, 0.717) is 28.8 Å². The lowest BCUT2D eigenvalue weighted by molar-refractivity contribution is -0.166. The highest BCUT2D eigenvalue weighted by Crippen LogP contribution is 2.65. The molecule has 5 atom stereocenters. The van der Waals surface area contributed by atoms with Crippen LogP contribution in [0.1, 0.15) is 65.8 Å². The number of sulfonamides is 1. The van der Waals surface area contributed by atoms with E-state index >= 15 is 9.59 Å². The van der Waals surface area contributed by atoms with E-state index in [1.54, 1.807) is 97.9 Å². The van der Waals surface area contributed by atoms with Crippen molar-refractivity contribution in [3.63, 3.8) is 0 Å². The maximum atomic E-state index is 15.6. The monoisotopic (exact) mass is 797 g/mol. The number of ketones is 2. The van der Waals surface area contributed by atoms with Crippen LogP contribution in [0, 0.1) is 0 Å². The Morgan fingerprint density at radius 1 is 0.745 bits per heavy atom. The maximum absolute atomic E-state index is 15.6. The Bertz CT molecular complexity index is 2230. The van der Waals surface area contributed by atoms with Crippen molar-refractivity contribution < 1.29 is 32.7 Å². The summed E-state index contributed by atoms with van der Waals surface area (Å²) in [5, 5.41) is 13.0. The number of benzene rings is 4. The van der Waals surface area contributed by atoms with Gasteiger partial charge in [-0.15, -0.1) is 23.5 Å². The van der Waals surface area contributed by atoms with Gasteiger partial charge in [-0.05, 0) is 37.1 Å². The number of nitrogens with zero attached hydrogens (tertiary/aromatic N) is 3. The molecule has 286 valence electrons. The number of thioether (sulfide) groups is 2. The van der Waals surface area contributed by atoms with Crippen LogP contribution in [0.25, 0.3) is 0 Å². The molecule has 2 fully saturated rings. The summed E-state index contributed by atoms with van der Waals surface area (Å²) in [6, 6.07) is 32.5. The number of carbonyl (C=O) groups excluding carboxylic acids is 4. The number of para-hydroxylation sites is 1. The number of amides is 2. The van der Waals surface area contributed by atoms with Gasteiger partial charge >= 0.3 is 0 Å². The van der Waals surface area contributed by atoms with Gasteiger partial charge in [0.05, 0.1) is 16.0 Å². The molecule has 0 aromatic heterocycles. The summed E-state index contributed by atoms with van der Waals surface area (Å²) in [4.78, 5) is 56.4. The van der Waals surface area contributed by atoms with Crippen LogP contribution in [0.15, 0.2) is 120 Å². The van der Waals surface area contributed by atoms with Gasteiger partial charge in [-0.25, -0.2) is 12.7 Å². The fraction of sp³-hybridized carbons (Fsp3) is 0.333. The summed E-state index contributed by atoms with van der Waals surface area (Å²) < 4.78 is 31.1. The molecule has 0 saturated carbocycles. The van der Waals surface area contributed by atoms with Gasteiger partial charge in [0, 0.05) is 42.5 Å². The average molecular weight is 798 g/mol. The lowest BCUT2D eigenvalue weighted by Gasteiger charge is -2.54. The summed E-state index contributed by atoms with van der Waals surface area (Å²) in [6.07, 6.45) is -2.08. The zero-order valence-electron chi connectivity index (χ0n) is 30.8. The second kappa shape index (κ2) is 14.9. The molecule has 0 unspecified atom stereocenters. The molecular weight excluding hydrogens is 755 g/mol. The first-order chi connectivity index (χ1) is 26.4. The molecule has 13 heteroatoms. The van der Waals surface area contributed by atoms with Crippen molar-refractivity contribution in [1.29, 1.82) is 0 Å². The zero-order chi connectivity index (χ0) is 39.2. The standard InChI is InChI=1S/C42H43N3O7S3/c1-4-26-41-32-22-14-15-23-33(32)45(55(51,52)31-20-12-7-13-21-31)37(41)44-38(49)40(2,53-27-24-34(46)29-16-8-5-9-17-29)43(3)39(50)42(44,36(41)48)54-28-25-35(47)30-18-10-6-11-19-30/h5-23,36-37,48H,4,24-28H2,1-3H3/t36-,37-,40-,41-,42-/m0/s1. The second-order valence-corrected chi connectivity index (χ2v) is 18.8. The quantitative estimate of drug-likeness (QED) is 0.145. The van der Waals surface area contributed by atoms with Gasteiger partial charge in [-0.2, -0.15) is 0 Å². The summed E-state index contributed by atoms with van der Waals surface area (Å²) in [7, 11) is -2.88. The van der Waals surface area contributed by atoms with Crippen LogP contribution in [-0.4, -0.2) is 87.3 Å². The number of Topliss-reactive ketones (excluding diaryl/α,β-unsaturated/α-hetero) is 2. The molecule has 1 N–H and O–H groups in total. The first-order valence-corrected chi connectivity index (χ1v) is 21.7. The van der Waals surface area contributed by atoms with Gasteiger partial charge in [0.1, 0.15) is 12.3 Å². The molecule has 4 aromatic rings. The number of piperazine rings is 1. The number of rotatable bonds is 14. The smallest absolute Gasteiger partial charge is 0.266 e. The van der Waals surface area contributed by atoms with Crippen LogP contribution in [0.3, 0.4) is 0 Å². The Hall–Kier alpha value is -4.43. The zero-order valence-corrected chi connectivity index (χ0v) is 33.3. The van der Waals surface area contributed by atoms with Crippen LogP contribution in [0.2, 0.25) is 0 Å². The van der Waals surface area contributed by atoms with Gasteiger partial charge in [-0.3, -0.25) is 24.1 Å². The van der Waals surface area contributed by atoms with E-state index in [1.165, 1.54) is 33.3 Å². The highest BCUT2D eigenvalue weighted by atomic mass is 32.2. The molecule has 2 amide bonds. The third-order valence-electron chi connectivity index (χ3n) is 11.2. The van der Waals surface area contributed by atoms with E-state index < -0.39 is 49.3 Å². The number of fused-ring (bicyclic) bond motifs is 5. The Morgan fingerprint density at radius 2 is 1.25 bits per heavy atom. The van der Waals surface area contributed by atoms with E-state index in [1.807, 2.05) is 19.1 Å². The minimum absolute atomic E-state index is 0.00382. The van der Waals surface area contributed by atoms with E-state index in [2.05, 4.69) is 0 Å². The summed E-state index contributed by atoms with van der Waals surface area (Å²) in [6.45, 7) is 3.54. The van der Waals surface area contributed by atoms with Crippen molar-refractivity contribution in [2.45, 2.75) is 71.9 Å². The predicted octanol–water partition coefficient (Wildman–Crippen LogP) is 6.36. The molecule has 0 spiro atoms. The molecule has 55 heavy (non-hydrogen) atoms. The average Bonchev–Trinajstić information content (AvgIpc) is 3.61. The third-order valence-corrected chi connectivity index (χ3v) is 15.8. The highest BCUT2D eigenvalue weighted by Gasteiger charge is 2.80. The third kappa shape index (κ3) is 6.01. The molecule has 4 aromatic carbocycles. The number of aliphatic hydroxyl groups is 1. The summed E-state index contributed by atoms with van der Waals surface area (Å²) >= 11 is 2.14. The van der Waals surface area contributed by atoms with Crippen LogP contribution < -0.4 is 4.31 Å². The van der Waals surface area contributed by atoms with Crippen LogP contribution in [-0.2, 0) is 25.0 Å². The highest BCUT2D eigenvalue weighted by molar-refractivity contribution is 8.02. The van der Waals surface area contributed by atoms with Crippen LogP contribution in [0.5, 0.6) is 0 Å². The molecular formula is C42H43N3O7S3. The number of hydrogen-bond donors (Lipinski definition) is 1. The summed E-state index contributed by atoms with van der Waals surface area (Å²) in [5.41, 5.74) is 0.452. The minimum atomic E-state index is -4.40. The van der Waals surface area contributed by atoms with E-state index in [0.717, 1.165) is 23.5 Å². The first-order valence-electron chi connectivity index (χ1n) is 18.3.